The van der Waals surface area contributed by atoms with E-state index in [4.69, 9.17) is 11.6 Å². The highest BCUT2D eigenvalue weighted by atomic mass is 35.5. The van der Waals surface area contributed by atoms with Gasteiger partial charge < -0.3 is 4.57 Å². The molecule has 4 heteroatoms. The monoisotopic (exact) mass is 298 g/mol. The Labute approximate surface area is 128 Å². The maximum Gasteiger partial charge on any atom is 0.182 e. The normalized spacial score (nSPS) is 11.0. The van der Waals surface area contributed by atoms with Gasteiger partial charge in [0.2, 0.25) is 0 Å². The Kier molecular flexibility index (Phi) is 3.52. The molecule has 0 amide bonds. The first-order valence-corrected chi connectivity index (χ1v) is 7.13. The summed E-state index contributed by atoms with van der Waals surface area (Å²) in [5.74, 6) is 0.0456. The van der Waals surface area contributed by atoms with Crippen LogP contribution in [0.5, 0.6) is 0 Å². The molecule has 2 aromatic carbocycles. The fraction of sp³-hybridized carbons (Fsp3) is 0.176. The van der Waals surface area contributed by atoms with Crippen LogP contribution in [0.4, 0.5) is 0 Å². The van der Waals surface area contributed by atoms with Gasteiger partial charge in [0.1, 0.15) is 0 Å². The maximum absolute atomic E-state index is 12.3. The Bertz CT molecular complexity index is 819. The molecule has 3 aromatic rings. The van der Waals surface area contributed by atoms with Gasteiger partial charge in [0.05, 0.1) is 23.9 Å². The predicted molar refractivity (Wildman–Crippen MR) is 85.0 cm³/mol. The third-order valence-corrected chi connectivity index (χ3v) is 3.97. The van der Waals surface area contributed by atoms with Crippen LogP contribution in [-0.2, 0) is 6.54 Å². The van der Waals surface area contributed by atoms with Gasteiger partial charge in [-0.3, -0.25) is 4.79 Å². The number of halogens is 1. The molecule has 0 saturated carbocycles. The van der Waals surface area contributed by atoms with Crippen molar-refractivity contribution in [2.45, 2.75) is 20.4 Å². The van der Waals surface area contributed by atoms with Gasteiger partial charge >= 0.3 is 0 Å². The van der Waals surface area contributed by atoms with Crippen molar-refractivity contribution in [1.29, 1.82) is 0 Å². The van der Waals surface area contributed by atoms with Crippen LogP contribution in [0.15, 0.2) is 42.7 Å². The molecule has 0 aliphatic heterocycles. The Morgan fingerprint density at radius 3 is 2.52 bits per heavy atom. The first kappa shape index (κ1) is 13.8. The van der Waals surface area contributed by atoms with Gasteiger partial charge in [0.15, 0.2) is 5.78 Å². The molecule has 0 bridgehead atoms. The molecule has 0 atom stereocenters. The number of carbonyl (C=O) groups is 1. The standard InChI is InChI=1S/C17H15ClN2O/c1-11-7-15-16(8-12(11)2)20(10-19-15)9-17(21)13-3-5-14(18)6-4-13/h3-8,10H,9H2,1-2H3. The van der Waals surface area contributed by atoms with E-state index < -0.39 is 0 Å². The Balaban J connectivity index is 1.93. The van der Waals surface area contributed by atoms with Crippen molar-refractivity contribution in [2.75, 3.05) is 0 Å². The number of nitrogens with zero attached hydrogens (tertiary/aromatic N) is 2. The van der Waals surface area contributed by atoms with E-state index in [2.05, 4.69) is 24.9 Å². The zero-order valence-corrected chi connectivity index (χ0v) is 12.7. The number of rotatable bonds is 3. The fourth-order valence-corrected chi connectivity index (χ4v) is 2.45. The minimum atomic E-state index is 0.0456. The number of aryl methyl sites for hydroxylation is 2. The van der Waals surface area contributed by atoms with Crippen molar-refractivity contribution in [1.82, 2.24) is 9.55 Å². The third-order valence-electron chi connectivity index (χ3n) is 3.72. The molecule has 3 nitrogen and oxygen atoms in total. The van der Waals surface area contributed by atoms with Gasteiger partial charge in [-0.2, -0.15) is 0 Å². The molecule has 3 rings (SSSR count). The molecule has 0 radical (unpaired) electrons. The van der Waals surface area contributed by atoms with Crippen molar-refractivity contribution < 1.29 is 4.79 Å². The van der Waals surface area contributed by atoms with Crippen LogP contribution in [0.1, 0.15) is 21.5 Å². The van der Waals surface area contributed by atoms with Gasteiger partial charge in [-0.15, -0.1) is 0 Å². The summed E-state index contributed by atoms with van der Waals surface area (Å²) in [7, 11) is 0. The van der Waals surface area contributed by atoms with Crippen LogP contribution in [0.2, 0.25) is 5.02 Å². The van der Waals surface area contributed by atoms with E-state index in [0.717, 1.165) is 11.0 Å². The van der Waals surface area contributed by atoms with Crippen LogP contribution >= 0.6 is 11.6 Å². The molecule has 0 N–H and O–H groups in total. The van der Waals surface area contributed by atoms with Crippen LogP contribution < -0.4 is 0 Å². The lowest BCUT2D eigenvalue weighted by atomic mass is 10.1. The molecule has 1 aromatic heterocycles. The third kappa shape index (κ3) is 2.69. The fourth-order valence-electron chi connectivity index (χ4n) is 2.32. The zero-order valence-electron chi connectivity index (χ0n) is 11.9. The minimum absolute atomic E-state index is 0.0456. The van der Waals surface area contributed by atoms with E-state index in [9.17, 15) is 4.79 Å². The van der Waals surface area contributed by atoms with Crippen LogP contribution in [-0.4, -0.2) is 15.3 Å². The number of imidazole rings is 1. The van der Waals surface area contributed by atoms with Crippen molar-refractivity contribution >= 4 is 28.4 Å². The van der Waals surface area contributed by atoms with Crippen molar-refractivity contribution in [2.24, 2.45) is 0 Å². The molecule has 0 unspecified atom stereocenters. The number of hydrogen-bond acceptors (Lipinski definition) is 2. The van der Waals surface area contributed by atoms with Gasteiger partial charge in [0.25, 0.3) is 0 Å². The molecule has 106 valence electrons. The smallest absolute Gasteiger partial charge is 0.182 e. The Morgan fingerprint density at radius 2 is 1.81 bits per heavy atom. The summed E-state index contributed by atoms with van der Waals surface area (Å²) in [6.45, 7) is 4.40. The number of fused-ring (bicyclic) bond motifs is 1. The van der Waals surface area contributed by atoms with Crippen molar-refractivity contribution in [3.8, 4) is 0 Å². The van der Waals surface area contributed by atoms with E-state index in [0.29, 0.717) is 10.6 Å². The van der Waals surface area contributed by atoms with Crippen LogP contribution in [0.25, 0.3) is 11.0 Å². The molecular weight excluding hydrogens is 284 g/mol. The van der Waals surface area contributed by atoms with Gasteiger partial charge in [-0.1, -0.05) is 11.6 Å². The Morgan fingerprint density at radius 1 is 1.14 bits per heavy atom. The summed E-state index contributed by atoms with van der Waals surface area (Å²) in [6.07, 6.45) is 1.72. The number of benzene rings is 2. The average Bonchev–Trinajstić information content (AvgIpc) is 2.82. The lowest BCUT2D eigenvalue weighted by molar-refractivity contribution is 0.0973. The zero-order chi connectivity index (χ0) is 15.0. The van der Waals surface area contributed by atoms with E-state index in [-0.39, 0.29) is 12.3 Å². The van der Waals surface area contributed by atoms with Crippen molar-refractivity contribution in [3.05, 3.63) is 64.4 Å². The lowest BCUT2D eigenvalue weighted by Gasteiger charge is -2.06. The number of aromatic nitrogens is 2. The lowest BCUT2D eigenvalue weighted by Crippen LogP contribution is -2.09. The SMILES string of the molecule is Cc1cc2ncn(CC(=O)c3ccc(Cl)cc3)c2cc1C. The number of Topliss-reactive ketones (excluding diaryl/α,β-unsaturated/α-hetero) is 1. The first-order valence-electron chi connectivity index (χ1n) is 6.75. The largest absolute Gasteiger partial charge is 0.323 e. The summed E-state index contributed by atoms with van der Waals surface area (Å²) < 4.78 is 1.89. The molecule has 21 heavy (non-hydrogen) atoms. The van der Waals surface area contributed by atoms with Gasteiger partial charge in [0, 0.05) is 10.6 Å². The van der Waals surface area contributed by atoms with E-state index in [1.807, 2.05) is 10.6 Å². The highest BCUT2D eigenvalue weighted by Crippen LogP contribution is 2.19. The van der Waals surface area contributed by atoms with Gasteiger partial charge in [-0.25, -0.2) is 4.98 Å². The summed E-state index contributed by atoms with van der Waals surface area (Å²) in [4.78, 5) is 16.7. The minimum Gasteiger partial charge on any atom is -0.323 e. The summed E-state index contributed by atoms with van der Waals surface area (Å²) in [5, 5.41) is 0.630. The number of carbonyl (C=O) groups excluding carboxylic acids is 1. The quantitative estimate of drug-likeness (QED) is 0.680. The Hall–Kier alpha value is -2.13. The summed E-state index contributed by atoms with van der Waals surface area (Å²) >= 11 is 5.84. The van der Waals surface area contributed by atoms with E-state index in [1.165, 1.54) is 11.1 Å². The highest BCUT2D eigenvalue weighted by molar-refractivity contribution is 6.30. The summed E-state index contributed by atoms with van der Waals surface area (Å²) in [5.41, 5.74) is 4.97. The van der Waals surface area contributed by atoms with E-state index in [1.54, 1.807) is 30.6 Å². The molecule has 0 spiro atoms. The molecule has 0 aliphatic rings. The predicted octanol–water partition coefficient (Wildman–Crippen LogP) is 4.19. The average molecular weight is 299 g/mol. The van der Waals surface area contributed by atoms with Crippen LogP contribution in [0.3, 0.4) is 0 Å². The second kappa shape index (κ2) is 5.34. The van der Waals surface area contributed by atoms with Gasteiger partial charge in [-0.05, 0) is 61.4 Å². The first-order chi connectivity index (χ1) is 10.0. The summed E-state index contributed by atoms with van der Waals surface area (Å²) in [6, 6.07) is 11.1. The van der Waals surface area contributed by atoms with Crippen LogP contribution in [0, 0.1) is 13.8 Å². The maximum atomic E-state index is 12.3. The second-order valence-electron chi connectivity index (χ2n) is 5.23. The molecule has 0 saturated heterocycles. The molecular formula is C17H15ClN2O. The van der Waals surface area contributed by atoms with E-state index >= 15 is 0 Å². The van der Waals surface area contributed by atoms with Crippen molar-refractivity contribution in [3.63, 3.8) is 0 Å². The second-order valence-corrected chi connectivity index (χ2v) is 5.66. The number of ketones is 1. The topological polar surface area (TPSA) is 34.9 Å². The molecule has 0 aliphatic carbocycles. The molecule has 1 heterocycles. The highest BCUT2D eigenvalue weighted by Gasteiger charge is 2.10. The molecule has 0 fully saturated rings. The number of hydrogen-bond donors (Lipinski definition) is 0.